The van der Waals surface area contributed by atoms with Gasteiger partial charge in [-0.1, -0.05) is 0 Å². The van der Waals surface area contributed by atoms with Gasteiger partial charge in [0.05, 0.1) is 12.4 Å². The average molecular weight is 332 g/mol. The predicted octanol–water partition coefficient (Wildman–Crippen LogP) is 0.525. The Labute approximate surface area is 133 Å². The highest BCUT2D eigenvalue weighted by Crippen LogP contribution is 2.38. The Morgan fingerprint density at radius 3 is 2.64 bits per heavy atom. The number of rotatable bonds is 6. The first-order valence-electron chi connectivity index (χ1n) is 8.06. The van der Waals surface area contributed by atoms with E-state index in [0.29, 0.717) is 13.0 Å². The Kier molecular flexibility index (Phi) is 5.85. The lowest BCUT2D eigenvalue weighted by Crippen LogP contribution is -2.48. The van der Waals surface area contributed by atoms with Crippen LogP contribution in [-0.2, 0) is 19.4 Å². The lowest BCUT2D eigenvalue weighted by Gasteiger charge is -2.38. The number of amides is 1. The first-order chi connectivity index (χ1) is 10.4. The number of hydrogen-bond acceptors (Lipinski definition) is 5. The quantitative estimate of drug-likeness (QED) is 0.710. The van der Waals surface area contributed by atoms with Crippen molar-refractivity contribution < 1.29 is 17.9 Å². The van der Waals surface area contributed by atoms with Gasteiger partial charge in [-0.15, -0.1) is 0 Å². The van der Waals surface area contributed by atoms with Crippen molar-refractivity contribution in [3.63, 3.8) is 0 Å². The van der Waals surface area contributed by atoms with E-state index in [0.717, 1.165) is 51.9 Å². The number of methoxy groups -OCH3 is 1. The summed E-state index contributed by atoms with van der Waals surface area (Å²) < 4.78 is 28.0. The largest absolute Gasteiger partial charge is 0.383 e. The summed E-state index contributed by atoms with van der Waals surface area (Å²) in [5.74, 6) is 0.183. The SMILES string of the molecule is COCCN1CCC[C@]2(CCC(=O)N2CCS(C)(=O)=O)CC1. The summed E-state index contributed by atoms with van der Waals surface area (Å²) >= 11 is 0. The van der Waals surface area contributed by atoms with Crippen LogP contribution in [0.4, 0.5) is 0 Å². The van der Waals surface area contributed by atoms with Crippen LogP contribution in [0.3, 0.4) is 0 Å². The number of sulfone groups is 1. The highest BCUT2D eigenvalue weighted by atomic mass is 32.2. The van der Waals surface area contributed by atoms with Crippen LogP contribution < -0.4 is 0 Å². The van der Waals surface area contributed by atoms with E-state index in [9.17, 15) is 13.2 Å². The van der Waals surface area contributed by atoms with Crippen molar-refractivity contribution in [2.45, 2.75) is 37.6 Å². The predicted molar refractivity (Wildman–Crippen MR) is 85.6 cm³/mol. The monoisotopic (exact) mass is 332 g/mol. The number of nitrogens with zero attached hydrogens (tertiary/aromatic N) is 2. The summed E-state index contributed by atoms with van der Waals surface area (Å²) in [7, 11) is -1.33. The molecule has 1 atom stereocenters. The van der Waals surface area contributed by atoms with Crippen LogP contribution in [-0.4, -0.2) is 81.6 Å². The van der Waals surface area contributed by atoms with E-state index in [1.54, 1.807) is 7.11 Å². The third-order valence-electron chi connectivity index (χ3n) is 4.99. The topological polar surface area (TPSA) is 66.9 Å². The van der Waals surface area contributed by atoms with Gasteiger partial charge in [-0.05, 0) is 32.2 Å². The Morgan fingerprint density at radius 1 is 1.18 bits per heavy atom. The average Bonchev–Trinajstić information content (AvgIpc) is 2.62. The fourth-order valence-electron chi connectivity index (χ4n) is 3.69. The van der Waals surface area contributed by atoms with Gasteiger partial charge in [-0.25, -0.2) is 8.42 Å². The molecule has 2 aliphatic rings. The molecule has 0 aliphatic carbocycles. The van der Waals surface area contributed by atoms with Gasteiger partial charge < -0.3 is 14.5 Å². The summed E-state index contributed by atoms with van der Waals surface area (Å²) in [5, 5.41) is 0. The normalized spacial score (nSPS) is 27.5. The summed E-state index contributed by atoms with van der Waals surface area (Å²) in [6.07, 6.45) is 5.62. The smallest absolute Gasteiger partial charge is 0.223 e. The van der Waals surface area contributed by atoms with Crippen molar-refractivity contribution >= 4 is 15.7 Å². The van der Waals surface area contributed by atoms with Crippen LogP contribution in [0, 0.1) is 0 Å². The zero-order valence-electron chi connectivity index (χ0n) is 13.7. The minimum absolute atomic E-state index is 0.0634. The molecule has 22 heavy (non-hydrogen) atoms. The molecule has 7 heteroatoms. The zero-order valence-corrected chi connectivity index (χ0v) is 14.5. The molecule has 0 aromatic carbocycles. The van der Waals surface area contributed by atoms with Crippen molar-refractivity contribution in [2.75, 3.05) is 51.9 Å². The zero-order chi connectivity index (χ0) is 16.2. The second kappa shape index (κ2) is 7.27. The van der Waals surface area contributed by atoms with Crippen LogP contribution in [0.15, 0.2) is 0 Å². The summed E-state index contributed by atoms with van der Waals surface area (Å²) in [5.41, 5.74) is -0.121. The molecule has 1 spiro atoms. The fraction of sp³-hybridized carbons (Fsp3) is 0.933. The molecule has 2 rings (SSSR count). The molecule has 2 fully saturated rings. The number of carbonyl (C=O) groups excluding carboxylic acids is 1. The van der Waals surface area contributed by atoms with E-state index in [1.165, 1.54) is 6.26 Å². The highest BCUT2D eigenvalue weighted by Gasteiger charge is 2.45. The van der Waals surface area contributed by atoms with Gasteiger partial charge in [0, 0.05) is 45.0 Å². The molecule has 0 saturated carbocycles. The van der Waals surface area contributed by atoms with Crippen LogP contribution in [0.2, 0.25) is 0 Å². The van der Waals surface area contributed by atoms with E-state index >= 15 is 0 Å². The third kappa shape index (κ3) is 4.43. The fourth-order valence-corrected chi connectivity index (χ4v) is 4.21. The minimum Gasteiger partial charge on any atom is -0.383 e. The van der Waals surface area contributed by atoms with Crippen molar-refractivity contribution in [3.8, 4) is 0 Å². The number of carbonyl (C=O) groups is 1. The molecule has 0 bridgehead atoms. The Morgan fingerprint density at radius 2 is 1.95 bits per heavy atom. The van der Waals surface area contributed by atoms with E-state index in [1.807, 2.05) is 4.90 Å². The van der Waals surface area contributed by atoms with E-state index in [-0.39, 0.29) is 17.2 Å². The van der Waals surface area contributed by atoms with Gasteiger partial charge in [0.2, 0.25) is 5.91 Å². The number of hydrogen-bond donors (Lipinski definition) is 0. The molecule has 6 nitrogen and oxygen atoms in total. The lowest BCUT2D eigenvalue weighted by molar-refractivity contribution is -0.131. The molecule has 128 valence electrons. The Hall–Kier alpha value is -0.660. The molecular weight excluding hydrogens is 304 g/mol. The molecule has 2 heterocycles. The van der Waals surface area contributed by atoms with Gasteiger partial charge in [-0.2, -0.15) is 0 Å². The molecule has 2 saturated heterocycles. The van der Waals surface area contributed by atoms with Crippen LogP contribution in [0.25, 0.3) is 0 Å². The minimum atomic E-state index is -3.04. The van der Waals surface area contributed by atoms with E-state index in [2.05, 4.69) is 4.90 Å². The third-order valence-corrected chi connectivity index (χ3v) is 5.91. The van der Waals surface area contributed by atoms with E-state index < -0.39 is 9.84 Å². The van der Waals surface area contributed by atoms with Crippen molar-refractivity contribution in [3.05, 3.63) is 0 Å². The number of likely N-dealkylation sites (tertiary alicyclic amines) is 2. The van der Waals surface area contributed by atoms with Gasteiger partial charge in [0.25, 0.3) is 0 Å². The molecule has 0 unspecified atom stereocenters. The molecule has 0 aromatic heterocycles. The first-order valence-corrected chi connectivity index (χ1v) is 10.1. The molecule has 0 aromatic rings. The van der Waals surface area contributed by atoms with Crippen molar-refractivity contribution in [2.24, 2.45) is 0 Å². The van der Waals surface area contributed by atoms with Crippen molar-refractivity contribution in [1.82, 2.24) is 9.80 Å². The highest BCUT2D eigenvalue weighted by molar-refractivity contribution is 7.90. The van der Waals surface area contributed by atoms with Crippen LogP contribution >= 0.6 is 0 Å². The maximum absolute atomic E-state index is 12.2. The number of ether oxygens (including phenoxy) is 1. The maximum Gasteiger partial charge on any atom is 0.223 e. The van der Waals surface area contributed by atoms with Gasteiger partial charge >= 0.3 is 0 Å². The van der Waals surface area contributed by atoms with Crippen LogP contribution in [0.5, 0.6) is 0 Å². The molecule has 2 aliphatic heterocycles. The van der Waals surface area contributed by atoms with Crippen LogP contribution in [0.1, 0.15) is 32.1 Å². The molecule has 0 N–H and O–H groups in total. The second-order valence-corrected chi connectivity index (χ2v) is 8.85. The first kappa shape index (κ1) is 17.7. The molecular formula is C15H28N2O4S. The summed E-state index contributed by atoms with van der Waals surface area (Å²) in [4.78, 5) is 16.5. The van der Waals surface area contributed by atoms with Gasteiger partial charge in [-0.3, -0.25) is 4.79 Å². The molecule has 1 amide bonds. The lowest BCUT2D eigenvalue weighted by atomic mass is 9.88. The second-order valence-electron chi connectivity index (χ2n) is 6.59. The molecule has 0 radical (unpaired) electrons. The van der Waals surface area contributed by atoms with Gasteiger partial charge in [0.15, 0.2) is 0 Å². The van der Waals surface area contributed by atoms with Gasteiger partial charge in [0.1, 0.15) is 9.84 Å². The maximum atomic E-state index is 12.2. The Bertz CT molecular complexity index is 494. The van der Waals surface area contributed by atoms with Crippen molar-refractivity contribution in [1.29, 1.82) is 0 Å². The standard InChI is InChI=1S/C15H28N2O4S/c1-21-12-10-16-8-3-5-15(7-9-16)6-4-14(18)17(15)11-13-22(2,19)20/h3-13H2,1-2H3/t15-/m0/s1. The summed E-state index contributed by atoms with van der Waals surface area (Å²) in [6.45, 7) is 3.97. The Balaban J connectivity index is 2.02. The van der Waals surface area contributed by atoms with E-state index in [4.69, 9.17) is 4.74 Å². The summed E-state index contributed by atoms with van der Waals surface area (Å²) in [6, 6.07) is 0.